The Hall–Kier alpha value is -2.08. The van der Waals surface area contributed by atoms with Crippen LogP contribution in [0.5, 0.6) is 5.75 Å². The summed E-state index contributed by atoms with van der Waals surface area (Å²) in [6.45, 7) is 4.03. The second-order valence-electron chi connectivity index (χ2n) is 4.96. The van der Waals surface area contributed by atoms with E-state index in [1.165, 1.54) is 0 Å². The quantitative estimate of drug-likeness (QED) is 0.680. The van der Waals surface area contributed by atoms with E-state index in [0.717, 1.165) is 5.56 Å². The van der Waals surface area contributed by atoms with Gasteiger partial charge in [-0.3, -0.25) is 9.59 Å². The predicted octanol–water partition coefficient (Wildman–Crippen LogP) is 1.84. The number of carbonyl (C=O) groups excluding carboxylic acids is 1. The van der Waals surface area contributed by atoms with Crippen LogP contribution in [0.4, 0.5) is 0 Å². The lowest BCUT2D eigenvalue weighted by Gasteiger charge is -2.21. The zero-order chi connectivity index (χ0) is 15.8. The van der Waals surface area contributed by atoms with Crippen LogP contribution in [0, 0.1) is 0 Å². The molecule has 0 saturated carbocycles. The molecular formula is C15H21NO5. The van der Waals surface area contributed by atoms with Crippen molar-refractivity contribution in [3.63, 3.8) is 0 Å². The van der Waals surface area contributed by atoms with E-state index in [1.54, 1.807) is 24.3 Å². The maximum Gasteiger partial charge on any atom is 0.303 e. The van der Waals surface area contributed by atoms with Crippen molar-refractivity contribution in [1.29, 1.82) is 0 Å². The summed E-state index contributed by atoms with van der Waals surface area (Å²) in [4.78, 5) is 22.0. The van der Waals surface area contributed by atoms with Crippen molar-refractivity contribution in [3.05, 3.63) is 29.8 Å². The van der Waals surface area contributed by atoms with E-state index in [-0.39, 0.29) is 43.3 Å². The van der Waals surface area contributed by atoms with Gasteiger partial charge in [-0.1, -0.05) is 12.1 Å². The number of carboxylic acids is 1. The van der Waals surface area contributed by atoms with Crippen molar-refractivity contribution in [3.8, 4) is 5.75 Å². The summed E-state index contributed by atoms with van der Waals surface area (Å²) in [5.74, 6) is -1.17. The number of aliphatic carboxylic acids is 1. The monoisotopic (exact) mass is 295 g/mol. The molecule has 0 fully saturated rings. The smallest absolute Gasteiger partial charge is 0.303 e. The Morgan fingerprint density at radius 2 is 1.81 bits per heavy atom. The number of ether oxygens (including phenoxy) is 1. The Bertz CT molecular complexity index is 469. The summed E-state index contributed by atoms with van der Waals surface area (Å²) in [7, 11) is 0. The van der Waals surface area contributed by atoms with Crippen molar-refractivity contribution in [2.45, 2.75) is 38.9 Å². The van der Waals surface area contributed by atoms with Gasteiger partial charge in [0.1, 0.15) is 11.9 Å². The van der Waals surface area contributed by atoms with Crippen molar-refractivity contribution in [2.24, 2.45) is 0 Å². The highest BCUT2D eigenvalue weighted by Gasteiger charge is 2.15. The minimum Gasteiger partial charge on any atom is -0.508 e. The fourth-order valence-corrected chi connectivity index (χ4v) is 1.78. The summed E-state index contributed by atoms with van der Waals surface area (Å²) >= 11 is 0. The van der Waals surface area contributed by atoms with E-state index < -0.39 is 5.97 Å². The Balaban J connectivity index is 2.60. The number of benzene rings is 1. The fourth-order valence-electron chi connectivity index (χ4n) is 1.78. The summed E-state index contributed by atoms with van der Waals surface area (Å²) in [6, 6.07) is 6.56. The molecule has 116 valence electrons. The van der Waals surface area contributed by atoms with Gasteiger partial charge in [-0.05, 0) is 31.5 Å². The molecule has 0 unspecified atom stereocenters. The molecule has 3 N–H and O–H groups in total. The van der Waals surface area contributed by atoms with Crippen LogP contribution in [-0.4, -0.2) is 34.7 Å². The van der Waals surface area contributed by atoms with Crippen LogP contribution >= 0.6 is 0 Å². The standard InChI is InChI=1S/C15H21NO5/c1-10(2)21-13(11-3-5-12(17)6-4-11)9-16-14(18)7-8-15(19)20/h3-6,10,13,17H,7-9H2,1-2H3,(H,16,18)(H,19,20)/t13-/m0/s1. The Labute approximate surface area is 123 Å². The number of carbonyl (C=O) groups is 2. The molecule has 21 heavy (non-hydrogen) atoms. The van der Waals surface area contributed by atoms with Crippen molar-refractivity contribution >= 4 is 11.9 Å². The molecule has 0 bridgehead atoms. The van der Waals surface area contributed by atoms with Gasteiger partial charge in [-0.2, -0.15) is 0 Å². The van der Waals surface area contributed by atoms with Crippen LogP contribution < -0.4 is 5.32 Å². The summed E-state index contributed by atoms with van der Waals surface area (Å²) in [6.07, 6.45) is -0.626. The molecule has 0 aliphatic heterocycles. The van der Waals surface area contributed by atoms with E-state index >= 15 is 0 Å². The van der Waals surface area contributed by atoms with Gasteiger partial charge in [0.2, 0.25) is 5.91 Å². The third-order valence-electron chi connectivity index (χ3n) is 2.75. The molecule has 0 radical (unpaired) electrons. The van der Waals surface area contributed by atoms with Gasteiger partial charge in [0.25, 0.3) is 0 Å². The van der Waals surface area contributed by atoms with Crippen LogP contribution in [0.3, 0.4) is 0 Å². The largest absolute Gasteiger partial charge is 0.508 e. The Morgan fingerprint density at radius 3 is 2.33 bits per heavy atom. The first-order valence-electron chi connectivity index (χ1n) is 6.81. The second kappa shape index (κ2) is 8.26. The molecule has 1 atom stereocenters. The fraction of sp³-hybridized carbons (Fsp3) is 0.467. The molecule has 6 heteroatoms. The number of rotatable bonds is 8. The molecule has 0 aliphatic carbocycles. The maximum atomic E-state index is 11.6. The van der Waals surface area contributed by atoms with Crippen molar-refractivity contribution in [1.82, 2.24) is 5.32 Å². The molecule has 1 aromatic rings. The highest BCUT2D eigenvalue weighted by atomic mass is 16.5. The second-order valence-corrected chi connectivity index (χ2v) is 4.96. The first kappa shape index (κ1) is 17.0. The molecule has 0 spiro atoms. The maximum absolute atomic E-state index is 11.6. The SMILES string of the molecule is CC(C)O[C@@H](CNC(=O)CCC(=O)O)c1ccc(O)cc1. The number of phenolic OH excluding ortho intramolecular Hbond substituents is 1. The minimum atomic E-state index is -1.00. The molecule has 1 rings (SSSR count). The molecule has 6 nitrogen and oxygen atoms in total. The lowest BCUT2D eigenvalue weighted by Crippen LogP contribution is -2.30. The van der Waals surface area contributed by atoms with Crippen LogP contribution in [-0.2, 0) is 14.3 Å². The van der Waals surface area contributed by atoms with E-state index in [0.29, 0.717) is 0 Å². The van der Waals surface area contributed by atoms with Gasteiger partial charge in [-0.15, -0.1) is 0 Å². The summed E-state index contributed by atoms with van der Waals surface area (Å²) < 4.78 is 5.74. The normalized spacial score (nSPS) is 12.1. The predicted molar refractivity (Wildman–Crippen MR) is 76.9 cm³/mol. The van der Waals surface area contributed by atoms with Gasteiger partial charge >= 0.3 is 5.97 Å². The lowest BCUT2D eigenvalue weighted by atomic mass is 10.1. The van der Waals surface area contributed by atoms with Gasteiger partial charge in [-0.25, -0.2) is 0 Å². The highest BCUT2D eigenvalue weighted by Crippen LogP contribution is 2.21. The number of carboxylic acid groups (broad SMARTS) is 1. The zero-order valence-electron chi connectivity index (χ0n) is 12.2. The number of nitrogens with one attached hydrogen (secondary N) is 1. The summed E-state index contributed by atoms with van der Waals surface area (Å²) in [5.41, 5.74) is 0.833. The van der Waals surface area contributed by atoms with E-state index in [2.05, 4.69) is 5.32 Å². The number of phenols is 1. The number of hydrogen-bond donors (Lipinski definition) is 3. The first-order chi connectivity index (χ1) is 9.88. The first-order valence-corrected chi connectivity index (χ1v) is 6.81. The third-order valence-corrected chi connectivity index (χ3v) is 2.75. The average Bonchev–Trinajstić information content (AvgIpc) is 2.41. The number of hydrogen-bond acceptors (Lipinski definition) is 4. The van der Waals surface area contributed by atoms with Crippen molar-refractivity contribution in [2.75, 3.05) is 6.54 Å². The van der Waals surface area contributed by atoms with E-state index in [9.17, 15) is 14.7 Å². The van der Waals surface area contributed by atoms with Gasteiger partial charge < -0.3 is 20.3 Å². The van der Waals surface area contributed by atoms with Gasteiger partial charge in [0, 0.05) is 13.0 Å². The molecule has 0 saturated heterocycles. The Morgan fingerprint density at radius 1 is 1.19 bits per heavy atom. The molecule has 1 aromatic carbocycles. The highest BCUT2D eigenvalue weighted by molar-refractivity contribution is 5.80. The van der Waals surface area contributed by atoms with E-state index in [1.807, 2.05) is 13.8 Å². The van der Waals surface area contributed by atoms with E-state index in [4.69, 9.17) is 9.84 Å². The minimum absolute atomic E-state index is 0.0280. The lowest BCUT2D eigenvalue weighted by molar-refractivity contribution is -0.138. The number of aromatic hydroxyl groups is 1. The Kier molecular flexibility index (Phi) is 6.68. The molecule has 0 aliphatic rings. The van der Waals surface area contributed by atoms with Crippen LogP contribution in [0.25, 0.3) is 0 Å². The molecular weight excluding hydrogens is 274 g/mol. The molecule has 0 aromatic heterocycles. The van der Waals surface area contributed by atoms with Crippen molar-refractivity contribution < 1.29 is 24.5 Å². The zero-order valence-corrected chi connectivity index (χ0v) is 12.2. The van der Waals surface area contributed by atoms with Gasteiger partial charge in [0.15, 0.2) is 0 Å². The average molecular weight is 295 g/mol. The van der Waals surface area contributed by atoms with Crippen LogP contribution in [0.2, 0.25) is 0 Å². The third kappa shape index (κ3) is 6.76. The molecule has 1 amide bonds. The summed E-state index contributed by atoms with van der Waals surface area (Å²) in [5, 5.41) is 20.5. The van der Waals surface area contributed by atoms with Crippen LogP contribution in [0.15, 0.2) is 24.3 Å². The molecule has 0 heterocycles. The topological polar surface area (TPSA) is 95.9 Å². The van der Waals surface area contributed by atoms with Gasteiger partial charge in [0.05, 0.1) is 12.5 Å². The van der Waals surface area contributed by atoms with Crippen LogP contribution in [0.1, 0.15) is 38.4 Å². The number of amides is 1.